The van der Waals surface area contributed by atoms with Gasteiger partial charge in [-0.2, -0.15) is 0 Å². The van der Waals surface area contributed by atoms with Gasteiger partial charge in [0.25, 0.3) is 0 Å². The Hall–Kier alpha value is -3.68. The van der Waals surface area contributed by atoms with Crippen LogP contribution >= 0.6 is 0 Å². The Bertz CT molecular complexity index is 895. The van der Waals surface area contributed by atoms with E-state index in [4.69, 9.17) is 0 Å². The first kappa shape index (κ1) is 17.7. The quantitative estimate of drug-likeness (QED) is 0.729. The highest BCUT2D eigenvalue weighted by molar-refractivity contribution is 5.89. The number of anilines is 4. The van der Waals surface area contributed by atoms with Gasteiger partial charge < -0.3 is 20.4 Å². The molecule has 3 heterocycles. The van der Waals surface area contributed by atoms with Crippen LogP contribution in [0.25, 0.3) is 0 Å². The third kappa shape index (κ3) is 4.35. The molecule has 0 radical (unpaired) electrons. The van der Waals surface area contributed by atoms with Gasteiger partial charge in [0.05, 0.1) is 11.9 Å². The summed E-state index contributed by atoms with van der Waals surface area (Å²) in [6.07, 6.45) is 3.45. The Balaban J connectivity index is 1.30. The molecule has 28 heavy (non-hydrogen) atoms. The zero-order valence-corrected chi connectivity index (χ0v) is 15.3. The molecule has 8 nitrogen and oxygen atoms in total. The van der Waals surface area contributed by atoms with E-state index in [0.29, 0.717) is 32.0 Å². The topological polar surface area (TPSA) is 86.3 Å². The standard InChI is InChI=1S/C20H21N7O/c28-20(23-16-5-2-1-3-6-16)27-13-11-26(12-14-27)19-9-8-18(24-25-19)22-17-7-4-10-21-15-17/h1-10,15H,11-14H2,(H,22,24)(H,23,28). The zero-order valence-electron chi connectivity index (χ0n) is 15.3. The molecule has 1 aliphatic rings. The minimum absolute atomic E-state index is 0.0760. The van der Waals surface area contributed by atoms with Gasteiger partial charge in [0, 0.05) is 38.1 Å². The van der Waals surface area contributed by atoms with E-state index in [1.54, 1.807) is 12.4 Å². The van der Waals surface area contributed by atoms with E-state index in [1.807, 2.05) is 59.5 Å². The van der Waals surface area contributed by atoms with E-state index in [0.717, 1.165) is 17.2 Å². The predicted octanol–water partition coefficient (Wildman–Crippen LogP) is 2.97. The van der Waals surface area contributed by atoms with E-state index >= 15 is 0 Å². The molecule has 8 heteroatoms. The summed E-state index contributed by atoms with van der Waals surface area (Å²) in [5, 5.41) is 14.6. The number of pyridine rings is 1. The maximum Gasteiger partial charge on any atom is 0.321 e. The number of para-hydroxylation sites is 1. The fourth-order valence-corrected chi connectivity index (χ4v) is 3.01. The molecule has 0 atom stereocenters. The van der Waals surface area contributed by atoms with Crippen LogP contribution in [0.5, 0.6) is 0 Å². The SMILES string of the molecule is O=C(Nc1ccccc1)N1CCN(c2ccc(Nc3cccnc3)nn2)CC1. The minimum atomic E-state index is -0.0760. The highest BCUT2D eigenvalue weighted by Gasteiger charge is 2.22. The van der Waals surface area contributed by atoms with Crippen LogP contribution < -0.4 is 15.5 Å². The van der Waals surface area contributed by atoms with Crippen molar-refractivity contribution < 1.29 is 4.79 Å². The van der Waals surface area contributed by atoms with Gasteiger partial charge in [0.1, 0.15) is 0 Å². The van der Waals surface area contributed by atoms with Gasteiger partial charge in [0.15, 0.2) is 11.6 Å². The number of benzene rings is 1. The number of amides is 2. The third-order valence-electron chi connectivity index (χ3n) is 4.50. The van der Waals surface area contributed by atoms with Crippen molar-refractivity contribution in [2.75, 3.05) is 41.7 Å². The number of carbonyl (C=O) groups is 1. The molecule has 0 unspecified atom stereocenters. The summed E-state index contributed by atoms with van der Waals surface area (Å²) in [6, 6.07) is 17.0. The van der Waals surface area contributed by atoms with E-state index < -0.39 is 0 Å². The second kappa shape index (κ2) is 8.34. The summed E-state index contributed by atoms with van der Waals surface area (Å²) in [5.41, 5.74) is 1.67. The molecule has 3 aromatic rings. The molecule has 0 spiro atoms. The number of nitrogens with one attached hydrogen (secondary N) is 2. The summed E-state index contributed by atoms with van der Waals surface area (Å²) >= 11 is 0. The lowest BCUT2D eigenvalue weighted by atomic mass is 10.3. The molecule has 142 valence electrons. The average molecular weight is 375 g/mol. The number of piperazine rings is 1. The lowest BCUT2D eigenvalue weighted by Crippen LogP contribution is -2.50. The third-order valence-corrected chi connectivity index (χ3v) is 4.50. The Morgan fingerprint density at radius 2 is 1.64 bits per heavy atom. The normalized spacial score (nSPS) is 13.9. The van der Waals surface area contributed by atoms with Crippen LogP contribution in [0.15, 0.2) is 67.0 Å². The van der Waals surface area contributed by atoms with Crippen LogP contribution in [0.2, 0.25) is 0 Å². The van der Waals surface area contributed by atoms with Crippen LogP contribution in [0, 0.1) is 0 Å². The number of nitrogens with zero attached hydrogens (tertiary/aromatic N) is 5. The number of hydrogen-bond donors (Lipinski definition) is 2. The van der Waals surface area contributed by atoms with Crippen molar-refractivity contribution in [3.8, 4) is 0 Å². The molecule has 2 aromatic heterocycles. The Morgan fingerprint density at radius 3 is 2.32 bits per heavy atom. The van der Waals surface area contributed by atoms with Crippen LogP contribution in [0.4, 0.5) is 27.8 Å². The fraction of sp³-hybridized carbons (Fsp3) is 0.200. The first-order valence-electron chi connectivity index (χ1n) is 9.15. The van der Waals surface area contributed by atoms with Gasteiger partial charge in [-0.25, -0.2) is 4.79 Å². The van der Waals surface area contributed by atoms with Crippen LogP contribution in [-0.2, 0) is 0 Å². The van der Waals surface area contributed by atoms with Crippen molar-refractivity contribution in [1.29, 1.82) is 0 Å². The first-order chi connectivity index (χ1) is 13.8. The second-order valence-electron chi connectivity index (χ2n) is 6.41. The lowest BCUT2D eigenvalue weighted by Gasteiger charge is -2.35. The van der Waals surface area contributed by atoms with Gasteiger partial charge >= 0.3 is 6.03 Å². The minimum Gasteiger partial charge on any atom is -0.352 e. The first-order valence-corrected chi connectivity index (χ1v) is 9.15. The molecular weight excluding hydrogens is 354 g/mol. The van der Waals surface area contributed by atoms with E-state index in [2.05, 4.69) is 30.7 Å². The van der Waals surface area contributed by atoms with E-state index in [9.17, 15) is 4.79 Å². The summed E-state index contributed by atoms with van der Waals surface area (Å²) in [7, 11) is 0. The lowest BCUT2D eigenvalue weighted by molar-refractivity contribution is 0.208. The van der Waals surface area contributed by atoms with Crippen molar-refractivity contribution in [1.82, 2.24) is 20.1 Å². The van der Waals surface area contributed by atoms with Crippen molar-refractivity contribution in [2.24, 2.45) is 0 Å². The summed E-state index contributed by atoms with van der Waals surface area (Å²) in [5.74, 6) is 1.47. The average Bonchev–Trinajstić information content (AvgIpc) is 2.76. The smallest absolute Gasteiger partial charge is 0.321 e. The van der Waals surface area contributed by atoms with E-state index in [-0.39, 0.29) is 6.03 Å². The molecule has 2 N–H and O–H groups in total. The Morgan fingerprint density at radius 1 is 0.857 bits per heavy atom. The number of rotatable bonds is 4. The number of urea groups is 1. The monoisotopic (exact) mass is 375 g/mol. The van der Waals surface area contributed by atoms with Crippen molar-refractivity contribution >= 4 is 29.0 Å². The molecule has 2 amide bonds. The van der Waals surface area contributed by atoms with Gasteiger partial charge in [-0.05, 0) is 36.4 Å². The van der Waals surface area contributed by atoms with E-state index in [1.165, 1.54) is 0 Å². The largest absolute Gasteiger partial charge is 0.352 e. The Kier molecular flexibility index (Phi) is 5.28. The van der Waals surface area contributed by atoms with Gasteiger partial charge in [-0.1, -0.05) is 18.2 Å². The van der Waals surface area contributed by atoms with Crippen molar-refractivity contribution in [2.45, 2.75) is 0 Å². The highest BCUT2D eigenvalue weighted by Crippen LogP contribution is 2.17. The number of carbonyl (C=O) groups excluding carboxylic acids is 1. The second-order valence-corrected chi connectivity index (χ2v) is 6.41. The summed E-state index contributed by atoms with van der Waals surface area (Å²) in [4.78, 5) is 20.4. The predicted molar refractivity (Wildman–Crippen MR) is 109 cm³/mol. The molecule has 1 aromatic carbocycles. The van der Waals surface area contributed by atoms with Gasteiger partial charge in [0.2, 0.25) is 0 Å². The highest BCUT2D eigenvalue weighted by atomic mass is 16.2. The molecule has 1 fully saturated rings. The number of aromatic nitrogens is 3. The molecule has 0 bridgehead atoms. The maximum absolute atomic E-state index is 12.4. The fourth-order valence-electron chi connectivity index (χ4n) is 3.01. The molecule has 1 aliphatic heterocycles. The molecular formula is C20H21N7O. The molecule has 0 saturated carbocycles. The van der Waals surface area contributed by atoms with Crippen LogP contribution in [0.1, 0.15) is 0 Å². The number of hydrogen-bond acceptors (Lipinski definition) is 6. The summed E-state index contributed by atoms with van der Waals surface area (Å²) < 4.78 is 0. The zero-order chi connectivity index (χ0) is 19.2. The molecule has 4 rings (SSSR count). The maximum atomic E-state index is 12.4. The van der Waals surface area contributed by atoms with Crippen LogP contribution in [-0.4, -0.2) is 52.3 Å². The van der Waals surface area contributed by atoms with Gasteiger partial charge in [-0.3, -0.25) is 4.98 Å². The molecule has 0 aliphatic carbocycles. The Labute approximate surface area is 163 Å². The van der Waals surface area contributed by atoms with Gasteiger partial charge in [-0.15, -0.1) is 10.2 Å². The summed E-state index contributed by atoms with van der Waals surface area (Å²) in [6.45, 7) is 2.70. The molecule has 1 saturated heterocycles. The van der Waals surface area contributed by atoms with Crippen LogP contribution in [0.3, 0.4) is 0 Å². The van der Waals surface area contributed by atoms with Crippen molar-refractivity contribution in [3.05, 3.63) is 67.0 Å². The van der Waals surface area contributed by atoms with Crippen molar-refractivity contribution in [3.63, 3.8) is 0 Å².